The molecule has 18 heavy (non-hydrogen) atoms. The number of aliphatic hydroxyl groups is 1. The number of nitrogens with zero attached hydrogens (tertiary/aromatic N) is 1. The van der Waals surface area contributed by atoms with E-state index in [0.29, 0.717) is 6.42 Å². The van der Waals surface area contributed by atoms with Crippen LogP contribution in [0.15, 0.2) is 42.7 Å². The molecule has 1 aromatic carbocycles. The summed E-state index contributed by atoms with van der Waals surface area (Å²) in [4.78, 5) is 4.11. The number of aryl methyl sites for hydroxylation is 1. The number of aliphatic hydroxyl groups excluding tert-OH is 1. The number of hydrogen-bond acceptors (Lipinski definition) is 2. The minimum atomic E-state index is -0.456. The molecular formula is C15H16INO. The van der Waals surface area contributed by atoms with E-state index in [9.17, 15) is 5.11 Å². The van der Waals surface area contributed by atoms with Gasteiger partial charge < -0.3 is 5.11 Å². The van der Waals surface area contributed by atoms with Gasteiger partial charge in [-0.1, -0.05) is 19.1 Å². The molecule has 0 amide bonds. The quantitative estimate of drug-likeness (QED) is 0.854. The average molecular weight is 353 g/mol. The lowest BCUT2D eigenvalue weighted by Gasteiger charge is -2.14. The first-order chi connectivity index (χ1) is 8.70. The first-order valence-corrected chi connectivity index (χ1v) is 7.14. The minimum absolute atomic E-state index is 0.456. The highest BCUT2D eigenvalue weighted by Gasteiger charge is 2.12. The summed E-state index contributed by atoms with van der Waals surface area (Å²) in [7, 11) is 0. The molecule has 0 spiro atoms. The molecule has 1 unspecified atom stereocenters. The van der Waals surface area contributed by atoms with Crippen LogP contribution in [0.1, 0.15) is 29.7 Å². The van der Waals surface area contributed by atoms with E-state index in [1.165, 1.54) is 3.57 Å². The highest BCUT2D eigenvalue weighted by atomic mass is 127. The van der Waals surface area contributed by atoms with Crippen molar-refractivity contribution in [1.29, 1.82) is 0 Å². The van der Waals surface area contributed by atoms with Crippen molar-refractivity contribution in [2.45, 2.75) is 25.9 Å². The summed E-state index contributed by atoms with van der Waals surface area (Å²) in [5.41, 5.74) is 3.27. The zero-order chi connectivity index (χ0) is 13.0. The zero-order valence-corrected chi connectivity index (χ0v) is 12.5. The maximum atomic E-state index is 10.3. The number of rotatable bonds is 4. The van der Waals surface area contributed by atoms with Crippen molar-refractivity contribution in [1.82, 2.24) is 4.98 Å². The van der Waals surface area contributed by atoms with Gasteiger partial charge in [-0.3, -0.25) is 4.98 Å². The molecule has 1 atom stereocenters. The second kappa shape index (κ2) is 6.29. The molecular weight excluding hydrogens is 337 g/mol. The predicted molar refractivity (Wildman–Crippen MR) is 81.4 cm³/mol. The van der Waals surface area contributed by atoms with Crippen LogP contribution >= 0.6 is 22.6 Å². The van der Waals surface area contributed by atoms with Crippen molar-refractivity contribution in [2.75, 3.05) is 0 Å². The Hall–Kier alpha value is -0.940. The van der Waals surface area contributed by atoms with Gasteiger partial charge >= 0.3 is 0 Å². The highest BCUT2D eigenvalue weighted by molar-refractivity contribution is 14.1. The summed E-state index contributed by atoms with van der Waals surface area (Å²) in [5, 5.41) is 10.3. The fourth-order valence-electron chi connectivity index (χ4n) is 2.01. The van der Waals surface area contributed by atoms with E-state index < -0.39 is 6.10 Å². The third-order valence-corrected chi connectivity index (χ3v) is 3.74. The third-order valence-electron chi connectivity index (χ3n) is 3.02. The van der Waals surface area contributed by atoms with Crippen molar-refractivity contribution >= 4 is 22.6 Å². The topological polar surface area (TPSA) is 33.1 Å². The summed E-state index contributed by atoms with van der Waals surface area (Å²) in [5.74, 6) is 0. The standard InChI is InChI=1S/C15H16INO/c1-2-12-10-17-8-7-14(12)15(18)9-11-3-5-13(16)6-4-11/h3-8,10,15,18H,2,9H2,1H3. The highest BCUT2D eigenvalue weighted by Crippen LogP contribution is 2.22. The SMILES string of the molecule is CCc1cnccc1C(O)Cc1ccc(I)cc1. The van der Waals surface area contributed by atoms with Crippen LogP contribution in [-0.2, 0) is 12.8 Å². The van der Waals surface area contributed by atoms with Crippen LogP contribution in [0.25, 0.3) is 0 Å². The average Bonchev–Trinajstić information content (AvgIpc) is 2.41. The first-order valence-electron chi connectivity index (χ1n) is 6.06. The molecule has 1 aromatic heterocycles. The lowest BCUT2D eigenvalue weighted by atomic mass is 9.97. The molecule has 0 aliphatic rings. The van der Waals surface area contributed by atoms with Crippen molar-refractivity contribution in [3.05, 3.63) is 63.0 Å². The Morgan fingerprint density at radius 2 is 1.94 bits per heavy atom. The third kappa shape index (κ3) is 3.29. The van der Waals surface area contributed by atoms with Crippen LogP contribution < -0.4 is 0 Å². The Balaban J connectivity index is 2.16. The van der Waals surface area contributed by atoms with Gasteiger partial charge in [-0.05, 0) is 63.9 Å². The summed E-state index contributed by atoms with van der Waals surface area (Å²) < 4.78 is 1.21. The van der Waals surface area contributed by atoms with E-state index in [4.69, 9.17) is 0 Å². The molecule has 0 saturated carbocycles. The fraction of sp³-hybridized carbons (Fsp3) is 0.267. The maximum absolute atomic E-state index is 10.3. The van der Waals surface area contributed by atoms with Crippen LogP contribution in [0.3, 0.4) is 0 Å². The lowest BCUT2D eigenvalue weighted by Crippen LogP contribution is -2.05. The molecule has 0 aliphatic heterocycles. The molecule has 2 rings (SSSR count). The van der Waals surface area contributed by atoms with E-state index >= 15 is 0 Å². The number of hydrogen-bond donors (Lipinski definition) is 1. The van der Waals surface area contributed by atoms with Crippen LogP contribution in [-0.4, -0.2) is 10.1 Å². The normalized spacial score (nSPS) is 12.4. The molecule has 1 N–H and O–H groups in total. The van der Waals surface area contributed by atoms with E-state index in [2.05, 4.69) is 58.8 Å². The van der Waals surface area contributed by atoms with Gasteiger partial charge in [0, 0.05) is 22.4 Å². The van der Waals surface area contributed by atoms with E-state index in [1.54, 1.807) is 6.20 Å². The van der Waals surface area contributed by atoms with Gasteiger partial charge in [-0.25, -0.2) is 0 Å². The van der Waals surface area contributed by atoms with Gasteiger partial charge in [-0.2, -0.15) is 0 Å². The molecule has 94 valence electrons. The Morgan fingerprint density at radius 3 is 2.61 bits per heavy atom. The number of pyridine rings is 1. The molecule has 2 aromatic rings. The van der Waals surface area contributed by atoms with Crippen molar-refractivity contribution in [3.63, 3.8) is 0 Å². The van der Waals surface area contributed by atoms with Crippen molar-refractivity contribution in [3.8, 4) is 0 Å². The summed E-state index contributed by atoms with van der Waals surface area (Å²) in [6.07, 6.45) is 4.67. The number of halogens is 1. The van der Waals surface area contributed by atoms with E-state index in [0.717, 1.165) is 23.1 Å². The molecule has 2 nitrogen and oxygen atoms in total. The number of aromatic nitrogens is 1. The minimum Gasteiger partial charge on any atom is -0.388 e. The summed E-state index contributed by atoms with van der Waals surface area (Å²) >= 11 is 2.28. The largest absolute Gasteiger partial charge is 0.388 e. The molecule has 3 heteroatoms. The van der Waals surface area contributed by atoms with Crippen LogP contribution in [0.4, 0.5) is 0 Å². The molecule has 0 saturated heterocycles. The van der Waals surface area contributed by atoms with Gasteiger partial charge in [0.25, 0.3) is 0 Å². The van der Waals surface area contributed by atoms with Gasteiger partial charge in [0.1, 0.15) is 0 Å². The Labute approximate surface area is 121 Å². The predicted octanol–water partition coefficient (Wildman–Crippen LogP) is 3.52. The van der Waals surface area contributed by atoms with E-state index in [1.807, 2.05) is 12.3 Å². The molecule has 0 aliphatic carbocycles. The Morgan fingerprint density at radius 1 is 1.22 bits per heavy atom. The van der Waals surface area contributed by atoms with Crippen LogP contribution in [0.5, 0.6) is 0 Å². The Kier molecular flexibility index (Phi) is 4.72. The summed E-state index contributed by atoms with van der Waals surface area (Å²) in [6, 6.07) is 10.2. The maximum Gasteiger partial charge on any atom is 0.0834 e. The van der Waals surface area contributed by atoms with Crippen molar-refractivity contribution in [2.24, 2.45) is 0 Å². The van der Waals surface area contributed by atoms with Gasteiger partial charge in [0.2, 0.25) is 0 Å². The fourth-order valence-corrected chi connectivity index (χ4v) is 2.37. The second-order valence-electron chi connectivity index (χ2n) is 4.27. The van der Waals surface area contributed by atoms with Crippen molar-refractivity contribution < 1.29 is 5.11 Å². The van der Waals surface area contributed by atoms with E-state index in [-0.39, 0.29) is 0 Å². The smallest absolute Gasteiger partial charge is 0.0834 e. The van der Waals surface area contributed by atoms with Gasteiger partial charge in [-0.15, -0.1) is 0 Å². The summed E-state index contributed by atoms with van der Waals surface area (Å²) in [6.45, 7) is 2.08. The van der Waals surface area contributed by atoms with Crippen LogP contribution in [0.2, 0.25) is 0 Å². The lowest BCUT2D eigenvalue weighted by molar-refractivity contribution is 0.177. The Bertz CT molecular complexity index is 510. The molecule has 0 radical (unpaired) electrons. The second-order valence-corrected chi connectivity index (χ2v) is 5.52. The molecule has 1 heterocycles. The van der Waals surface area contributed by atoms with Crippen LogP contribution in [0, 0.1) is 3.57 Å². The van der Waals surface area contributed by atoms with Gasteiger partial charge in [0.05, 0.1) is 6.10 Å². The molecule has 0 fully saturated rings. The zero-order valence-electron chi connectivity index (χ0n) is 10.3. The first kappa shape index (κ1) is 13.5. The number of benzene rings is 1. The monoisotopic (exact) mass is 353 g/mol. The molecule has 0 bridgehead atoms. The van der Waals surface area contributed by atoms with Gasteiger partial charge in [0.15, 0.2) is 0 Å².